The van der Waals surface area contributed by atoms with Crippen LogP contribution in [0.5, 0.6) is 0 Å². The van der Waals surface area contributed by atoms with Crippen molar-refractivity contribution < 1.29 is 42.1 Å². The van der Waals surface area contributed by atoms with Gasteiger partial charge in [0.1, 0.15) is 6.10 Å². The van der Waals surface area contributed by atoms with E-state index in [2.05, 4.69) is 15.4 Å². The number of hydrogen-bond acceptors (Lipinski definition) is 10. The lowest BCUT2D eigenvalue weighted by Gasteiger charge is -2.35. The molecule has 2 heterocycles. The first-order chi connectivity index (χ1) is 21.4. The number of nitrogens with two attached hydrogens (primary N) is 1. The summed E-state index contributed by atoms with van der Waals surface area (Å²) >= 11 is 0. The first-order valence-corrected chi connectivity index (χ1v) is 16.4. The second-order valence-electron chi connectivity index (χ2n) is 12.2. The number of nitrogens with zero attached hydrogens (tertiary/aromatic N) is 1. The minimum Gasteiger partial charge on any atom is -0.453 e. The smallest absolute Gasteiger partial charge is 0.407 e. The maximum absolute atomic E-state index is 14.0. The highest BCUT2D eigenvalue weighted by atomic mass is 32.2. The van der Waals surface area contributed by atoms with Crippen molar-refractivity contribution in [2.75, 3.05) is 45.7 Å². The van der Waals surface area contributed by atoms with Crippen LogP contribution in [0.3, 0.4) is 0 Å². The Morgan fingerprint density at radius 2 is 1.82 bits per heavy atom. The first kappa shape index (κ1) is 34.4. The molecule has 4 rings (SSSR count). The number of carbonyl (C=O) groups excluding carboxylic acids is 2. The average Bonchev–Trinajstić information content (AvgIpc) is 3.62. The SMILES string of the molecule is COC(=O)NCCC(C)(C)CN(C[C@@H](O)[C@H](Cc1ccccc1)NC(=O)O[C@H]1CO[C@H]2OCC[C@H]21)S(=O)(=O)c1ccc(N)cc1. The van der Waals surface area contributed by atoms with Crippen LogP contribution < -0.4 is 16.4 Å². The lowest BCUT2D eigenvalue weighted by Crippen LogP contribution is -2.52. The van der Waals surface area contributed by atoms with Gasteiger partial charge >= 0.3 is 12.2 Å². The molecule has 0 aliphatic carbocycles. The summed E-state index contributed by atoms with van der Waals surface area (Å²) in [6.45, 7) is 4.39. The third-order valence-corrected chi connectivity index (χ3v) is 9.91. The van der Waals surface area contributed by atoms with Gasteiger partial charge in [-0.1, -0.05) is 44.2 Å². The molecule has 13 nitrogen and oxygen atoms in total. The van der Waals surface area contributed by atoms with Crippen molar-refractivity contribution in [3.8, 4) is 0 Å². The number of anilines is 1. The van der Waals surface area contributed by atoms with Gasteiger partial charge in [-0.05, 0) is 54.5 Å². The fourth-order valence-corrected chi connectivity index (χ4v) is 7.17. The Labute approximate surface area is 264 Å². The molecule has 5 N–H and O–H groups in total. The van der Waals surface area contributed by atoms with Gasteiger partial charge < -0.3 is 40.4 Å². The van der Waals surface area contributed by atoms with Gasteiger partial charge in [0.2, 0.25) is 10.0 Å². The molecule has 2 aliphatic heterocycles. The Balaban J connectivity index is 1.54. The number of methoxy groups -OCH3 is 1. The highest BCUT2D eigenvalue weighted by Gasteiger charge is 2.44. The largest absolute Gasteiger partial charge is 0.453 e. The van der Waals surface area contributed by atoms with Gasteiger partial charge in [0.05, 0.1) is 43.3 Å². The molecule has 2 aliphatic rings. The van der Waals surface area contributed by atoms with E-state index < -0.39 is 52.2 Å². The summed E-state index contributed by atoms with van der Waals surface area (Å²) in [5, 5.41) is 17.0. The van der Waals surface area contributed by atoms with Crippen molar-refractivity contribution in [3.63, 3.8) is 0 Å². The lowest BCUT2D eigenvalue weighted by molar-refractivity contribution is -0.0907. The van der Waals surface area contributed by atoms with Crippen LogP contribution in [-0.4, -0.2) is 94.5 Å². The number of ether oxygens (including phenoxy) is 4. The molecule has 0 unspecified atom stereocenters. The van der Waals surface area contributed by atoms with Gasteiger partial charge in [-0.15, -0.1) is 0 Å². The number of hydrogen-bond donors (Lipinski definition) is 4. The van der Waals surface area contributed by atoms with E-state index >= 15 is 0 Å². The molecule has 2 saturated heterocycles. The molecule has 0 radical (unpaired) electrons. The first-order valence-electron chi connectivity index (χ1n) is 15.0. The van der Waals surface area contributed by atoms with Crippen LogP contribution in [0.2, 0.25) is 0 Å². The van der Waals surface area contributed by atoms with Crippen LogP contribution >= 0.6 is 0 Å². The minimum atomic E-state index is -4.12. The van der Waals surface area contributed by atoms with Crippen LogP contribution in [0.1, 0.15) is 32.3 Å². The summed E-state index contributed by atoms with van der Waals surface area (Å²) in [6, 6.07) is 14.2. The van der Waals surface area contributed by atoms with Crippen molar-refractivity contribution in [1.29, 1.82) is 0 Å². The molecule has 0 aromatic heterocycles. The van der Waals surface area contributed by atoms with Gasteiger partial charge in [-0.25, -0.2) is 18.0 Å². The molecule has 0 bridgehead atoms. The zero-order valence-corrected chi connectivity index (χ0v) is 26.7. The third-order valence-electron chi connectivity index (χ3n) is 8.08. The Hall–Kier alpha value is -3.43. The maximum Gasteiger partial charge on any atom is 0.407 e. The quantitative estimate of drug-likeness (QED) is 0.223. The monoisotopic (exact) mass is 648 g/mol. The number of rotatable bonds is 14. The number of sulfonamides is 1. The molecule has 0 saturated carbocycles. The van der Waals surface area contributed by atoms with Gasteiger partial charge in [0.15, 0.2) is 6.29 Å². The fraction of sp³-hybridized carbons (Fsp3) is 0.548. The molecule has 248 valence electrons. The molecular weight excluding hydrogens is 604 g/mol. The normalized spacial score (nSPS) is 21.1. The van der Waals surface area contributed by atoms with Crippen molar-refractivity contribution >= 4 is 27.9 Å². The number of nitrogens with one attached hydrogen (secondary N) is 2. The summed E-state index contributed by atoms with van der Waals surface area (Å²) in [6.07, 6.45) is -2.20. The number of aliphatic hydroxyl groups excluding tert-OH is 1. The zero-order chi connectivity index (χ0) is 32.6. The van der Waals surface area contributed by atoms with E-state index in [-0.39, 0.29) is 43.5 Å². The fourth-order valence-electron chi connectivity index (χ4n) is 5.53. The number of benzene rings is 2. The lowest BCUT2D eigenvalue weighted by atomic mass is 9.89. The standard InChI is InChI=1S/C31H44N4O9S/c1-31(2,14-15-33-29(37)41-3)20-35(45(39,40)23-11-9-22(32)10-12-23)18-26(36)25(17-21-7-5-4-6-8-21)34-30(38)44-27-19-43-28-24(27)13-16-42-28/h4-12,24-28,36H,13-20,32H2,1-3H3,(H,33,37)(H,34,38)/t24-,25-,26+,27-,28+/m0/s1. The van der Waals surface area contributed by atoms with Crippen LogP contribution in [0, 0.1) is 11.3 Å². The van der Waals surface area contributed by atoms with Crippen molar-refractivity contribution in [2.45, 2.75) is 62.5 Å². The molecule has 2 amide bonds. The zero-order valence-electron chi connectivity index (χ0n) is 25.9. The number of amides is 2. The number of aliphatic hydroxyl groups is 1. The Morgan fingerprint density at radius 3 is 2.51 bits per heavy atom. The summed E-state index contributed by atoms with van der Waals surface area (Å²) in [4.78, 5) is 24.7. The summed E-state index contributed by atoms with van der Waals surface area (Å²) in [5.74, 6) is -0.0651. The van der Waals surface area contributed by atoms with Crippen molar-refractivity contribution in [2.24, 2.45) is 11.3 Å². The number of alkyl carbamates (subject to hydrolysis) is 2. The second kappa shape index (κ2) is 15.2. The predicted octanol–water partition coefficient (Wildman–Crippen LogP) is 2.49. The number of carbonyl (C=O) groups is 2. The molecule has 45 heavy (non-hydrogen) atoms. The average molecular weight is 649 g/mol. The molecule has 2 aromatic rings. The Kier molecular flexibility index (Phi) is 11.7. The molecule has 2 fully saturated rings. The highest BCUT2D eigenvalue weighted by molar-refractivity contribution is 7.89. The van der Waals surface area contributed by atoms with E-state index in [1.54, 1.807) is 0 Å². The van der Waals surface area contributed by atoms with E-state index in [1.165, 1.54) is 35.7 Å². The molecule has 5 atom stereocenters. The maximum atomic E-state index is 14.0. The van der Waals surface area contributed by atoms with Gasteiger partial charge in [0.25, 0.3) is 0 Å². The Bertz CT molecular complexity index is 1380. The van der Waals surface area contributed by atoms with Crippen molar-refractivity contribution in [3.05, 3.63) is 60.2 Å². The summed E-state index contributed by atoms with van der Waals surface area (Å²) < 4.78 is 50.6. The van der Waals surface area contributed by atoms with Gasteiger partial charge in [-0.3, -0.25) is 0 Å². The van der Waals surface area contributed by atoms with E-state index in [0.29, 0.717) is 25.1 Å². The van der Waals surface area contributed by atoms with Crippen LogP contribution in [0.4, 0.5) is 15.3 Å². The van der Waals surface area contributed by atoms with Crippen LogP contribution in [0.25, 0.3) is 0 Å². The van der Waals surface area contributed by atoms with E-state index in [4.69, 9.17) is 19.9 Å². The topological polar surface area (TPSA) is 179 Å². The summed E-state index contributed by atoms with van der Waals surface area (Å²) in [5.41, 5.74) is 6.41. The van der Waals surface area contributed by atoms with Gasteiger partial charge in [-0.2, -0.15) is 4.31 Å². The Morgan fingerprint density at radius 1 is 1.11 bits per heavy atom. The minimum absolute atomic E-state index is 0.00457. The summed E-state index contributed by atoms with van der Waals surface area (Å²) in [7, 11) is -2.86. The number of fused-ring (bicyclic) bond motifs is 1. The predicted molar refractivity (Wildman–Crippen MR) is 166 cm³/mol. The molecule has 14 heteroatoms. The van der Waals surface area contributed by atoms with E-state index in [0.717, 1.165) is 5.56 Å². The van der Waals surface area contributed by atoms with Crippen LogP contribution in [0.15, 0.2) is 59.5 Å². The molecule has 0 spiro atoms. The number of nitrogen functional groups attached to an aromatic ring is 1. The van der Waals surface area contributed by atoms with E-state index in [1.807, 2.05) is 44.2 Å². The van der Waals surface area contributed by atoms with Crippen molar-refractivity contribution in [1.82, 2.24) is 14.9 Å². The third kappa shape index (κ3) is 9.53. The van der Waals surface area contributed by atoms with E-state index in [9.17, 15) is 23.1 Å². The second-order valence-corrected chi connectivity index (χ2v) is 14.1. The molecular formula is C31H44N4O9S. The van der Waals surface area contributed by atoms with Gasteiger partial charge in [0, 0.05) is 25.3 Å². The van der Waals surface area contributed by atoms with Crippen LogP contribution in [-0.2, 0) is 35.4 Å². The highest BCUT2D eigenvalue weighted by Crippen LogP contribution is 2.33. The molecule has 2 aromatic carbocycles.